The molecular formula is C23H23N7O5. The van der Waals surface area contributed by atoms with Gasteiger partial charge in [-0.1, -0.05) is 12.1 Å². The van der Waals surface area contributed by atoms with Crippen LogP contribution in [0.1, 0.15) is 46.8 Å². The summed E-state index contributed by atoms with van der Waals surface area (Å²) in [5.74, 6) is -0.478. The number of hydrogen-bond donors (Lipinski definition) is 5. The van der Waals surface area contributed by atoms with E-state index >= 15 is 0 Å². The van der Waals surface area contributed by atoms with Gasteiger partial charge in [0.05, 0.1) is 5.69 Å². The van der Waals surface area contributed by atoms with Crippen LogP contribution < -0.4 is 16.8 Å². The lowest BCUT2D eigenvalue weighted by atomic mass is 9.91. The summed E-state index contributed by atoms with van der Waals surface area (Å²) in [6.07, 6.45) is 7.33. The van der Waals surface area contributed by atoms with Gasteiger partial charge in [-0.15, -0.1) is 12.3 Å². The summed E-state index contributed by atoms with van der Waals surface area (Å²) in [5.41, 5.74) is 13.7. The average Bonchev–Trinajstić information content (AvgIpc) is 2.80. The van der Waals surface area contributed by atoms with E-state index in [0.29, 0.717) is 24.1 Å². The van der Waals surface area contributed by atoms with Gasteiger partial charge >= 0.3 is 11.9 Å². The Morgan fingerprint density at radius 1 is 1.09 bits per heavy atom. The third-order valence-electron chi connectivity index (χ3n) is 5.22. The fourth-order valence-electron chi connectivity index (χ4n) is 3.46. The lowest BCUT2D eigenvalue weighted by molar-refractivity contribution is -0.140. The quantitative estimate of drug-likeness (QED) is 0.260. The zero-order valence-electron chi connectivity index (χ0n) is 18.5. The van der Waals surface area contributed by atoms with Crippen molar-refractivity contribution in [1.29, 1.82) is 0 Å². The van der Waals surface area contributed by atoms with Crippen molar-refractivity contribution >= 4 is 40.8 Å². The molecule has 180 valence electrons. The van der Waals surface area contributed by atoms with Crippen LogP contribution >= 0.6 is 0 Å². The van der Waals surface area contributed by atoms with Crippen molar-refractivity contribution in [3.63, 3.8) is 0 Å². The van der Waals surface area contributed by atoms with E-state index in [1.807, 2.05) is 0 Å². The molecule has 2 atom stereocenters. The minimum absolute atomic E-state index is 0.0106. The van der Waals surface area contributed by atoms with Crippen LogP contribution in [0.25, 0.3) is 11.2 Å². The Labute approximate surface area is 199 Å². The highest BCUT2D eigenvalue weighted by Gasteiger charge is 2.22. The van der Waals surface area contributed by atoms with E-state index in [1.54, 1.807) is 30.5 Å². The number of carbonyl (C=O) groups is 3. The number of aliphatic carboxylic acids is 2. The number of anilines is 2. The first-order valence-corrected chi connectivity index (χ1v) is 10.5. The smallest absolute Gasteiger partial charge is 0.326 e. The number of terminal acetylenes is 1. The number of benzene rings is 1. The summed E-state index contributed by atoms with van der Waals surface area (Å²) in [7, 11) is 0. The van der Waals surface area contributed by atoms with Crippen molar-refractivity contribution < 1.29 is 24.6 Å². The molecule has 0 radical (unpaired) electrons. The van der Waals surface area contributed by atoms with Gasteiger partial charge in [-0.05, 0) is 30.5 Å². The van der Waals surface area contributed by atoms with Crippen LogP contribution in [0.3, 0.4) is 0 Å². The molecule has 0 spiro atoms. The Kier molecular flexibility index (Phi) is 7.73. The molecule has 0 aliphatic heterocycles. The van der Waals surface area contributed by atoms with Crippen molar-refractivity contribution in [3.8, 4) is 12.3 Å². The summed E-state index contributed by atoms with van der Waals surface area (Å²) >= 11 is 0. The van der Waals surface area contributed by atoms with Gasteiger partial charge in [0.25, 0.3) is 5.91 Å². The van der Waals surface area contributed by atoms with Gasteiger partial charge in [0, 0.05) is 30.5 Å². The number of rotatable bonds is 10. The molecule has 12 heteroatoms. The van der Waals surface area contributed by atoms with Gasteiger partial charge in [0.1, 0.15) is 11.6 Å². The number of hydrogen-bond acceptors (Lipinski definition) is 9. The first-order valence-electron chi connectivity index (χ1n) is 10.5. The molecule has 0 aliphatic rings. The molecule has 0 saturated heterocycles. The molecule has 0 saturated carbocycles. The van der Waals surface area contributed by atoms with Crippen molar-refractivity contribution in [3.05, 3.63) is 47.3 Å². The van der Waals surface area contributed by atoms with Crippen molar-refractivity contribution in [2.45, 2.75) is 37.6 Å². The van der Waals surface area contributed by atoms with E-state index in [9.17, 15) is 19.5 Å². The summed E-state index contributed by atoms with van der Waals surface area (Å²) < 4.78 is 0. The standard InChI is InChI=1S/C23H23N7O5/c1-2-3-14(10-15-11-26-18-19(24)29-23(25)30-20(18)27-15)12-4-6-13(7-5-12)21(33)28-16(22(34)35)8-9-17(31)32/h1,4-7,11,14,16H,3,8-10H2,(H,28,33)(H,31,32)(H,34,35)(H4,24,25,27,29,30)/t14?,16-/m0/s1. The molecule has 35 heavy (non-hydrogen) atoms. The molecule has 3 aromatic rings. The number of aromatic nitrogens is 4. The Balaban J connectivity index is 1.76. The predicted molar refractivity (Wildman–Crippen MR) is 126 cm³/mol. The average molecular weight is 477 g/mol. The third kappa shape index (κ3) is 6.38. The molecule has 2 aromatic heterocycles. The molecule has 12 nitrogen and oxygen atoms in total. The topological polar surface area (TPSA) is 207 Å². The van der Waals surface area contributed by atoms with Crippen LogP contribution in [0.4, 0.5) is 11.8 Å². The van der Waals surface area contributed by atoms with Gasteiger partial charge in [0.15, 0.2) is 11.5 Å². The van der Waals surface area contributed by atoms with Crippen LogP contribution in [-0.4, -0.2) is 54.0 Å². The number of nitrogens with two attached hydrogens (primary N) is 2. The third-order valence-corrected chi connectivity index (χ3v) is 5.22. The number of carboxylic acid groups (broad SMARTS) is 2. The second-order valence-electron chi connectivity index (χ2n) is 7.73. The molecule has 0 bridgehead atoms. The van der Waals surface area contributed by atoms with Gasteiger partial charge in [-0.25, -0.2) is 14.8 Å². The number of fused-ring (bicyclic) bond motifs is 1. The van der Waals surface area contributed by atoms with Crippen LogP contribution in [0, 0.1) is 12.3 Å². The number of carbonyl (C=O) groups excluding carboxylic acids is 1. The summed E-state index contributed by atoms with van der Waals surface area (Å²) in [6, 6.07) is 5.22. The van der Waals surface area contributed by atoms with Gasteiger partial charge in [0.2, 0.25) is 5.95 Å². The number of amides is 1. The minimum Gasteiger partial charge on any atom is -0.481 e. The van der Waals surface area contributed by atoms with Crippen molar-refractivity contribution in [2.24, 2.45) is 0 Å². The predicted octanol–water partition coefficient (Wildman–Crippen LogP) is 0.982. The number of carboxylic acids is 2. The lowest BCUT2D eigenvalue weighted by Crippen LogP contribution is -2.41. The minimum atomic E-state index is -1.31. The van der Waals surface area contributed by atoms with E-state index < -0.39 is 23.9 Å². The molecule has 7 N–H and O–H groups in total. The molecule has 3 rings (SSSR count). The highest BCUT2D eigenvalue weighted by atomic mass is 16.4. The maximum Gasteiger partial charge on any atom is 0.326 e. The zero-order chi connectivity index (χ0) is 25.5. The zero-order valence-corrected chi connectivity index (χ0v) is 18.5. The SMILES string of the molecule is C#CCC(Cc1cnc2c(N)nc(N)nc2n1)c1ccc(C(=O)N[C@@H](CCC(=O)O)C(=O)O)cc1. The first kappa shape index (κ1) is 24.8. The molecule has 1 amide bonds. The first-order chi connectivity index (χ1) is 16.7. The van der Waals surface area contributed by atoms with E-state index in [0.717, 1.165) is 5.56 Å². The van der Waals surface area contributed by atoms with Crippen LogP contribution in [0.15, 0.2) is 30.5 Å². The van der Waals surface area contributed by atoms with E-state index in [-0.39, 0.29) is 41.7 Å². The Morgan fingerprint density at radius 3 is 2.43 bits per heavy atom. The molecular weight excluding hydrogens is 454 g/mol. The maximum atomic E-state index is 12.5. The Bertz CT molecular complexity index is 1300. The maximum absolute atomic E-state index is 12.5. The number of nitrogen functional groups attached to an aromatic ring is 2. The van der Waals surface area contributed by atoms with E-state index in [4.69, 9.17) is 23.0 Å². The molecule has 2 heterocycles. The monoisotopic (exact) mass is 477 g/mol. The van der Waals surface area contributed by atoms with E-state index in [1.165, 1.54) is 0 Å². The highest BCUT2D eigenvalue weighted by molar-refractivity contribution is 5.96. The largest absolute Gasteiger partial charge is 0.481 e. The van der Waals surface area contributed by atoms with Gasteiger partial charge in [-0.3, -0.25) is 9.59 Å². The molecule has 0 fully saturated rings. The van der Waals surface area contributed by atoms with Gasteiger partial charge < -0.3 is 27.0 Å². The van der Waals surface area contributed by atoms with Gasteiger partial charge in [-0.2, -0.15) is 9.97 Å². The Morgan fingerprint density at radius 2 is 1.80 bits per heavy atom. The number of nitrogens with one attached hydrogen (secondary N) is 1. The molecule has 1 aromatic carbocycles. The normalized spacial score (nSPS) is 12.4. The second-order valence-corrected chi connectivity index (χ2v) is 7.73. The van der Waals surface area contributed by atoms with E-state index in [2.05, 4.69) is 31.2 Å². The fourth-order valence-corrected chi connectivity index (χ4v) is 3.46. The van der Waals surface area contributed by atoms with Crippen LogP contribution in [-0.2, 0) is 16.0 Å². The van der Waals surface area contributed by atoms with Crippen LogP contribution in [0.5, 0.6) is 0 Å². The summed E-state index contributed by atoms with van der Waals surface area (Å²) in [5, 5.41) is 20.3. The summed E-state index contributed by atoms with van der Waals surface area (Å²) in [4.78, 5) is 51.2. The number of nitrogens with zero attached hydrogens (tertiary/aromatic N) is 4. The second kappa shape index (κ2) is 10.9. The lowest BCUT2D eigenvalue weighted by Gasteiger charge is -2.16. The van der Waals surface area contributed by atoms with Crippen LogP contribution in [0.2, 0.25) is 0 Å². The Hall–Kier alpha value is -4.79. The summed E-state index contributed by atoms with van der Waals surface area (Å²) in [6.45, 7) is 0. The fraction of sp³-hybridized carbons (Fsp3) is 0.261. The molecule has 1 unspecified atom stereocenters. The highest BCUT2D eigenvalue weighted by Crippen LogP contribution is 2.25. The van der Waals surface area contributed by atoms with Crippen molar-refractivity contribution in [1.82, 2.24) is 25.3 Å². The molecule has 0 aliphatic carbocycles. The van der Waals surface area contributed by atoms with Crippen molar-refractivity contribution in [2.75, 3.05) is 11.5 Å².